The Labute approximate surface area is 64.4 Å². The zero-order chi connectivity index (χ0) is 8.10. The van der Waals surface area contributed by atoms with Crippen LogP contribution in [0.5, 0.6) is 0 Å². The van der Waals surface area contributed by atoms with Crippen LogP contribution in [0.4, 0.5) is 0 Å². The predicted molar refractivity (Wildman–Crippen MR) is 44.0 cm³/mol. The summed E-state index contributed by atoms with van der Waals surface area (Å²) in [6.45, 7) is 0. The van der Waals surface area contributed by atoms with Gasteiger partial charge in [0.05, 0.1) is 0 Å². The number of aromatic nitrogens is 3. The molecule has 0 aliphatic heterocycles. The number of para-hydroxylation sites is 2. The molecule has 2 rings (SSSR count). The highest BCUT2D eigenvalue weighted by molar-refractivity contribution is 5.72. The fraction of sp³-hybridized carbons (Fsp3) is 0.143. The molecule has 1 heterocycles. The molecule has 0 atom stereocenters. The van der Waals surface area contributed by atoms with Crippen LogP contribution in [0.1, 0.15) is 0 Å². The number of hydrogen-bond donors (Lipinski definition) is 2. The number of rotatable bonds is 0. The number of nitrogens with two attached hydrogens (primary N) is 1. The Balaban J connectivity index is 0.000000281. The van der Waals surface area contributed by atoms with E-state index in [0.29, 0.717) is 0 Å². The van der Waals surface area contributed by atoms with Gasteiger partial charge in [-0.2, -0.15) is 15.4 Å². The number of hydrogen-bond acceptors (Lipinski definition) is 3. The Hall–Kier alpha value is -1.42. The smallest absolute Gasteiger partial charge is 0.112 e. The van der Waals surface area contributed by atoms with Gasteiger partial charge in [-0.15, -0.1) is 0 Å². The highest BCUT2D eigenvalue weighted by Gasteiger charge is 1.90. The minimum atomic E-state index is 0.914. The van der Waals surface area contributed by atoms with E-state index in [4.69, 9.17) is 0 Å². The topological polar surface area (TPSA) is 67.6 Å². The molecule has 1 aromatic heterocycles. The lowest BCUT2D eigenvalue weighted by Crippen LogP contribution is -1.69. The monoisotopic (exact) mass is 150 g/mol. The second-order valence-electron chi connectivity index (χ2n) is 1.81. The van der Waals surface area contributed by atoms with E-state index in [9.17, 15) is 0 Å². The van der Waals surface area contributed by atoms with Gasteiger partial charge >= 0.3 is 0 Å². The molecule has 0 unspecified atom stereocenters. The summed E-state index contributed by atoms with van der Waals surface area (Å²) in [6.07, 6.45) is 0. The Morgan fingerprint density at radius 3 is 2.00 bits per heavy atom. The molecule has 0 fully saturated rings. The van der Waals surface area contributed by atoms with Crippen LogP contribution in [0.2, 0.25) is 0 Å². The molecule has 11 heavy (non-hydrogen) atoms. The van der Waals surface area contributed by atoms with Gasteiger partial charge in [0.15, 0.2) is 0 Å². The third kappa shape index (κ3) is 1.53. The maximum atomic E-state index is 4.50. The van der Waals surface area contributed by atoms with Crippen LogP contribution < -0.4 is 5.73 Å². The molecule has 0 aliphatic rings. The van der Waals surface area contributed by atoms with Crippen LogP contribution in [0.25, 0.3) is 11.0 Å². The Kier molecular flexibility index (Phi) is 2.57. The predicted octanol–water partition coefficient (Wildman–Crippen LogP) is 0.533. The zero-order valence-corrected chi connectivity index (χ0v) is 6.28. The van der Waals surface area contributed by atoms with Gasteiger partial charge in [-0.05, 0) is 19.2 Å². The molecule has 0 spiro atoms. The van der Waals surface area contributed by atoms with Crippen molar-refractivity contribution in [2.75, 3.05) is 7.05 Å². The first-order chi connectivity index (χ1) is 5.47. The van der Waals surface area contributed by atoms with E-state index in [-0.39, 0.29) is 0 Å². The van der Waals surface area contributed by atoms with Gasteiger partial charge in [0.2, 0.25) is 0 Å². The van der Waals surface area contributed by atoms with Crippen LogP contribution in [-0.2, 0) is 0 Å². The van der Waals surface area contributed by atoms with Crippen LogP contribution in [0.15, 0.2) is 24.3 Å². The Bertz CT molecular complexity index is 284. The Morgan fingerprint density at radius 1 is 1.09 bits per heavy atom. The maximum absolute atomic E-state index is 4.50. The van der Waals surface area contributed by atoms with E-state index in [1.54, 1.807) is 0 Å². The van der Waals surface area contributed by atoms with Gasteiger partial charge in [-0.3, -0.25) is 0 Å². The first-order valence-corrected chi connectivity index (χ1v) is 3.30. The summed E-state index contributed by atoms with van der Waals surface area (Å²) in [6, 6.07) is 7.70. The van der Waals surface area contributed by atoms with Crippen molar-refractivity contribution in [2.45, 2.75) is 0 Å². The second kappa shape index (κ2) is 3.68. The quantitative estimate of drug-likeness (QED) is 0.575. The number of aromatic amines is 1. The van der Waals surface area contributed by atoms with E-state index < -0.39 is 0 Å². The number of nitrogens with one attached hydrogen (secondary N) is 1. The summed E-state index contributed by atoms with van der Waals surface area (Å²) in [5.74, 6) is 0. The minimum Gasteiger partial charge on any atom is -0.333 e. The van der Waals surface area contributed by atoms with E-state index in [1.165, 1.54) is 7.05 Å². The molecule has 1 aromatic carbocycles. The highest BCUT2D eigenvalue weighted by Crippen LogP contribution is 2.03. The maximum Gasteiger partial charge on any atom is 0.112 e. The fourth-order valence-corrected chi connectivity index (χ4v) is 0.786. The van der Waals surface area contributed by atoms with Gasteiger partial charge in [0.25, 0.3) is 0 Å². The van der Waals surface area contributed by atoms with Crippen molar-refractivity contribution >= 4 is 11.0 Å². The minimum absolute atomic E-state index is 0.914. The van der Waals surface area contributed by atoms with Gasteiger partial charge < -0.3 is 5.73 Å². The van der Waals surface area contributed by atoms with Gasteiger partial charge in [0, 0.05) is 0 Å². The van der Waals surface area contributed by atoms with Crippen molar-refractivity contribution in [1.29, 1.82) is 0 Å². The van der Waals surface area contributed by atoms with Crippen molar-refractivity contribution in [1.82, 2.24) is 15.4 Å². The molecule has 4 nitrogen and oxygen atoms in total. The molecule has 0 bridgehead atoms. The Morgan fingerprint density at radius 2 is 1.55 bits per heavy atom. The number of nitrogens with zero attached hydrogens (tertiary/aromatic N) is 2. The van der Waals surface area contributed by atoms with E-state index in [0.717, 1.165) is 11.0 Å². The first kappa shape index (κ1) is 7.68. The van der Waals surface area contributed by atoms with Crippen LogP contribution in [-0.4, -0.2) is 22.5 Å². The first-order valence-electron chi connectivity index (χ1n) is 3.30. The lowest BCUT2D eigenvalue weighted by Gasteiger charge is -1.78. The average molecular weight is 150 g/mol. The molecule has 4 heteroatoms. The normalized spacial score (nSPS) is 8.91. The summed E-state index contributed by atoms with van der Waals surface area (Å²) in [5, 5.41) is 10.3. The van der Waals surface area contributed by atoms with E-state index in [2.05, 4.69) is 21.1 Å². The van der Waals surface area contributed by atoms with Crippen molar-refractivity contribution in [3.05, 3.63) is 24.3 Å². The van der Waals surface area contributed by atoms with Gasteiger partial charge in [-0.1, -0.05) is 12.1 Å². The molecule has 58 valence electrons. The van der Waals surface area contributed by atoms with Crippen molar-refractivity contribution in [3.8, 4) is 0 Å². The van der Waals surface area contributed by atoms with Gasteiger partial charge in [-0.25, -0.2) is 0 Å². The van der Waals surface area contributed by atoms with Crippen molar-refractivity contribution in [2.24, 2.45) is 5.73 Å². The number of H-pyrrole nitrogens is 1. The van der Waals surface area contributed by atoms with Crippen LogP contribution in [0, 0.1) is 0 Å². The summed E-state index contributed by atoms with van der Waals surface area (Å²) >= 11 is 0. The average Bonchev–Trinajstić information content (AvgIpc) is 2.55. The fourth-order valence-electron chi connectivity index (χ4n) is 0.786. The number of benzene rings is 1. The van der Waals surface area contributed by atoms with Crippen molar-refractivity contribution < 1.29 is 0 Å². The highest BCUT2D eigenvalue weighted by atomic mass is 15.3. The number of fused-ring (bicyclic) bond motifs is 1. The standard InChI is InChI=1S/C6H5N3.CH5N/c1-2-4-6-5(3-1)7-9-8-6;1-2/h1-4H,(H,7,8,9);2H2,1H3. The summed E-state index contributed by atoms with van der Waals surface area (Å²) in [5.41, 5.74) is 6.33. The van der Waals surface area contributed by atoms with Crippen LogP contribution >= 0.6 is 0 Å². The SMILES string of the molecule is CN.c1ccc2n[nH]nc2c1. The third-order valence-electron chi connectivity index (χ3n) is 1.22. The lowest BCUT2D eigenvalue weighted by molar-refractivity contribution is 0.959. The molecule has 2 aromatic rings. The summed E-state index contributed by atoms with van der Waals surface area (Å²) in [4.78, 5) is 0. The largest absolute Gasteiger partial charge is 0.333 e. The van der Waals surface area contributed by atoms with Crippen LogP contribution in [0.3, 0.4) is 0 Å². The summed E-state index contributed by atoms with van der Waals surface area (Å²) in [7, 11) is 1.50. The van der Waals surface area contributed by atoms with E-state index >= 15 is 0 Å². The summed E-state index contributed by atoms with van der Waals surface area (Å²) < 4.78 is 0. The lowest BCUT2D eigenvalue weighted by atomic mass is 10.3. The van der Waals surface area contributed by atoms with E-state index in [1.807, 2.05) is 24.3 Å². The zero-order valence-electron chi connectivity index (χ0n) is 6.28. The van der Waals surface area contributed by atoms with Gasteiger partial charge in [0.1, 0.15) is 11.0 Å². The van der Waals surface area contributed by atoms with Crippen molar-refractivity contribution in [3.63, 3.8) is 0 Å². The molecule has 0 saturated heterocycles. The molecular weight excluding hydrogens is 140 g/mol. The molecule has 0 radical (unpaired) electrons. The second-order valence-corrected chi connectivity index (χ2v) is 1.81. The molecular formula is C7H10N4. The third-order valence-corrected chi connectivity index (χ3v) is 1.22. The molecule has 3 N–H and O–H groups in total. The molecule has 0 aliphatic carbocycles. The molecule has 0 saturated carbocycles. The molecule has 0 amide bonds.